The molecule has 0 unspecified atom stereocenters. The normalized spacial score (nSPS) is 20.3. The Labute approximate surface area is 118 Å². The minimum Gasteiger partial charge on any atom is -0.384 e. The predicted octanol–water partition coefficient (Wildman–Crippen LogP) is 4.40. The molecule has 0 saturated heterocycles. The third kappa shape index (κ3) is 2.58. The quantitative estimate of drug-likeness (QED) is 0.814. The number of aryl methyl sites for hydroxylation is 1. The van der Waals surface area contributed by atoms with Gasteiger partial charge in [-0.25, -0.2) is 0 Å². The zero-order valence-corrected chi connectivity index (χ0v) is 11.3. The number of aliphatic hydroxyl groups excluding tert-OH is 1. The molecule has 0 spiro atoms. The van der Waals surface area contributed by atoms with E-state index in [2.05, 4.69) is 12.1 Å². The molecule has 0 heterocycles. The van der Waals surface area contributed by atoms with Crippen LogP contribution in [0.3, 0.4) is 0 Å². The lowest BCUT2D eigenvalue weighted by atomic mass is 9.85. The summed E-state index contributed by atoms with van der Waals surface area (Å²) in [6.07, 6.45) is 3.48. The number of benzene rings is 2. The van der Waals surface area contributed by atoms with Gasteiger partial charge in [0.2, 0.25) is 0 Å². The molecule has 0 saturated carbocycles. The second kappa shape index (κ2) is 5.20. The number of fused-ring (bicyclic) bond motifs is 1. The molecule has 2 aromatic carbocycles. The number of aliphatic hydroxyl groups is 1. The zero-order valence-electron chi connectivity index (χ0n) is 10.5. The molecule has 0 radical (unpaired) electrons. The molecule has 1 atom stereocenters. The smallest absolute Gasteiger partial charge is 0.101 e. The molecule has 0 amide bonds. The fourth-order valence-corrected chi connectivity index (χ4v) is 2.69. The Morgan fingerprint density at radius 3 is 2.53 bits per heavy atom. The second-order valence-corrected chi connectivity index (χ2v) is 5.31. The Morgan fingerprint density at radius 1 is 1.00 bits per heavy atom. The summed E-state index contributed by atoms with van der Waals surface area (Å²) in [5.41, 5.74) is 4.44. The summed E-state index contributed by atoms with van der Waals surface area (Å²) < 4.78 is 0. The molecule has 96 valence electrons. The Kier molecular flexibility index (Phi) is 3.41. The van der Waals surface area contributed by atoms with Crippen LogP contribution >= 0.6 is 11.6 Å². The SMILES string of the molecule is O[C@H]1/C(=C/c2ccc(Cl)cc2)CCc2ccccc21. The van der Waals surface area contributed by atoms with E-state index in [4.69, 9.17) is 11.6 Å². The number of rotatable bonds is 1. The first-order valence-electron chi connectivity index (χ1n) is 6.46. The van der Waals surface area contributed by atoms with Gasteiger partial charge in [-0.1, -0.05) is 54.1 Å². The molecule has 1 aliphatic rings. The van der Waals surface area contributed by atoms with E-state index in [1.165, 1.54) is 5.56 Å². The molecule has 1 nitrogen and oxygen atoms in total. The van der Waals surface area contributed by atoms with Crippen molar-refractivity contribution >= 4 is 17.7 Å². The predicted molar refractivity (Wildman–Crippen MR) is 79.2 cm³/mol. The standard InChI is InChI=1S/C17H15ClO/c18-15-9-5-12(6-10-15)11-14-8-7-13-3-1-2-4-16(13)17(14)19/h1-6,9-11,17,19H,7-8H2/b14-11+/t17-/m0/s1. The Hall–Kier alpha value is -1.57. The molecule has 1 N–H and O–H groups in total. The van der Waals surface area contributed by atoms with E-state index in [0.717, 1.165) is 34.6 Å². The van der Waals surface area contributed by atoms with Crippen LogP contribution in [0, 0.1) is 0 Å². The van der Waals surface area contributed by atoms with E-state index in [1.807, 2.05) is 42.5 Å². The summed E-state index contributed by atoms with van der Waals surface area (Å²) in [6, 6.07) is 15.8. The average Bonchev–Trinajstić information content (AvgIpc) is 2.45. The van der Waals surface area contributed by atoms with Gasteiger partial charge in [0.25, 0.3) is 0 Å². The van der Waals surface area contributed by atoms with Gasteiger partial charge in [0.15, 0.2) is 0 Å². The van der Waals surface area contributed by atoms with Crippen LogP contribution in [-0.4, -0.2) is 5.11 Å². The van der Waals surface area contributed by atoms with Crippen LogP contribution in [0.4, 0.5) is 0 Å². The van der Waals surface area contributed by atoms with Gasteiger partial charge in [0.1, 0.15) is 6.10 Å². The van der Waals surface area contributed by atoms with E-state index in [-0.39, 0.29) is 0 Å². The minimum absolute atomic E-state index is 0.486. The molecule has 3 rings (SSSR count). The van der Waals surface area contributed by atoms with Crippen molar-refractivity contribution in [2.24, 2.45) is 0 Å². The third-order valence-electron chi connectivity index (χ3n) is 3.61. The molecule has 1 aliphatic carbocycles. The van der Waals surface area contributed by atoms with Crippen LogP contribution in [0.1, 0.15) is 29.2 Å². The summed E-state index contributed by atoms with van der Waals surface area (Å²) in [5, 5.41) is 11.2. The number of hydrogen-bond donors (Lipinski definition) is 1. The number of hydrogen-bond acceptors (Lipinski definition) is 1. The van der Waals surface area contributed by atoms with Crippen LogP contribution in [0.15, 0.2) is 54.1 Å². The Balaban J connectivity index is 1.93. The van der Waals surface area contributed by atoms with E-state index < -0.39 is 6.10 Å². The van der Waals surface area contributed by atoms with Gasteiger partial charge in [-0.15, -0.1) is 0 Å². The highest BCUT2D eigenvalue weighted by molar-refractivity contribution is 6.30. The minimum atomic E-state index is -0.486. The zero-order chi connectivity index (χ0) is 13.2. The highest BCUT2D eigenvalue weighted by Gasteiger charge is 2.21. The van der Waals surface area contributed by atoms with Crippen molar-refractivity contribution in [3.63, 3.8) is 0 Å². The van der Waals surface area contributed by atoms with E-state index in [1.54, 1.807) is 0 Å². The maximum atomic E-state index is 10.4. The van der Waals surface area contributed by atoms with Crippen molar-refractivity contribution in [1.29, 1.82) is 0 Å². The molecule has 0 bridgehead atoms. The first-order chi connectivity index (χ1) is 9.24. The van der Waals surface area contributed by atoms with Crippen LogP contribution < -0.4 is 0 Å². The van der Waals surface area contributed by atoms with Crippen molar-refractivity contribution in [2.45, 2.75) is 18.9 Å². The maximum Gasteiger partial charge on any atom is 0.101 e. The maximum absolute atomic E-state index is 10.4. The first-order valence-corrected chi connectivity index (χ1v) is 6.84. The van der Waals surface area contributed by atoms with Gasteiger partial charge in [0.05, 0.1) is 0 Å². The van der Waals surface area contributed by atoms with Crippen molar-refractivity contribution in [3.05, 3.63) is 75.8 Å². The van der Waals surface area contributed by atoms with Crippen LogP contribution in [0.5, 0.6) is 0 Å². The van der Waals surface area contributed by atoms with Crippen LogP contribution in [0.25, 0.3) is 6.08 Å². The fourth-order valence-electron chi connectivity index (χ4n) is 2.57. The second-order valence-electron chi connectivity index (χ2n) is 4.87. The number of halogens is 1. The van der Waals surface area contributed by atoms with E-state index >= 15 is 0 Å². The van der Waals surface area contributed by atoms with Gasteiger partial charge in [0, 0.05) is 5.02 Å². The molecule has 19 heavy (non-hydrogen) atoms. The first kappa shape index (κ1) is 12.5. The van der Waals surface area contributed by atoms with Crippen molar-refractivity contribution in [2.75, 3.05) is 0 Å². The molecule has 0 aromatic heterocycles. The average molecular weight is 271 g/mol. The fraction of sp³-hybridized carbons (Fsp3) is 0.176. The van der Waals surface area contributed by atoms with Gasteiger partial charge in [-0.3, -0.25) is 0 Å². The van der Waals surface area contributed by atoms with Gasteiger partial charge in [-0.2, -0.15) is 0 Å². The van der Waals surface area contributed by atoms with Crippen molar-refractivity contribution < 1.29 is 5.11 Å². The van der Waals surface area contributed by atoms with E-state index in [0.29, 0.717) is 0 Å². The molecular formula is C17H15ClO. The van der Waals surface area contributed by atoms with Gasteiger partial charge < -0.3 is 5.11 Å². The molecule has 2 heteroatoms. The Bertz CT molecular complexity index is 613. The van der Waals surface area contributed by atoms with Crippen molar-refractivity contribution in [3.8, 4) is 0 Å². The molecule has 0 fully saturated rings. The van der Waals surface area contributed by atoms with E-state index in [9.17, 15) is 5.11 Å². The lowest BCUT2D eigenvalue weighted by molar-refractivity contribution is 0.206. The molecule has 0 aliphatic heterocycles. The summed E-state index contributed by atoms with van der Waals surface area (Å²) in [7, 11) is 0. The lowest BCUT2D eigenvalue weighted by Gasteiger charge is -2.24. The monoisotopic (exact) mass is 270 g/mol. The lowest BCUT2D eigenvalue weighted by Crippen LogP contribution is -2.11. The summed E-state index contributed by atoms with van der Waals surface area (Å²) in [6.45, 7) is 0. The third-order valence-corrected chi connectivity index (χ3v) is 3.86. The van der Waals surface area contributed by atoms with Crippen molar-refractivity contribution in [1.82, 2.24) is 0 Å². The molecular weight excluding hydrogens is 256 g/mol. The largest absolute Gasteiger partial charge is 0.384 e. The topological polar surface area (TPSA) is 20.2 Å². The van der Waals surface area contributed by atoms with Crippen LogP contribution in [0.2, 0.25) is 5.02 Å². The summed E-state index contributed by atoms with van der Waals surface area (Å²) in [5.74, 6) is 0. The summed E-state index contributed by atoms with van der Waals surface area (Å²) in [4.78, 5) is 0. The van der Waals surface area contributed by atoms with Crippen LogP contribution in [-0.2, 0) is 6.42 Å². The summed E-state index contributed by atoms with van der Waals surface area (Å²) >= 11 is 5.88. The highest BCUT2D eigenvalue weighted by Crippen LogP contribution is 2.34. The van der Waals surface area contributed by atoms with Gasteiger partial charge in [-0.05, 0) is 47.2 Å². The Morgan fingerprint density at radius 2 is 1.74 bits per heavy atom. The molecule has 2 aromatic rings. The highest BCUT2D eigenvalue weighted by atomic mass is 35.5. The van der Waals surface area contributed by atoms with Gasteiger partial charge >= 0.3 is 0 Å².